The van der Waals surface area contributed by atoms with Crippen LogP contribution in [0.5, 0.6) is 0 Å². The molecular weight excluding hydrogens is 284 g/mol. The van der Waals surface area contributed by atoms with Gasteiger partial charge in [0.05, 0.1) is 11.2 Å². The number of carboxylic acid groups (broad SMARTS) is 1. The highest BCUT2D eigenvalue weighted by Gasteiger charge is 2.24. The fourth-order valence-electron chi connectivity index (χ4n) is 1.62. The summed E-state index contributed by atoms with van der Waals surface area (Å²) in [6, 6.07) is 2.27. The zero-order chi connectivity index (χ0) is 15.4. The molecule has 1 rings (SSSR count). The van der Waals surface area contributed by atoms with Crippen molar-refractivity contribution in [2.24, 2.45) is 0 Å². The number of sulfonamides is 1. The minimum absolute atomic E-state index is 0.0954. The Morgan fingerprint density at radius 2 is 2.10 bits per heavy atom. The molecule has 1 heterocycles. The molecule has 1 unspecified atom stereocenters. The van der Waals surface area contributed by atoms with Gasteiger partial charge in [-0.2, -0.15) is 0 Å². The molecule has 0 spiro atoms. The number of carbonyl (C=O) groups is 1. The molecule has 1 atom stereocenters. The van der Waals surface area contributed by atoms with E-state index in [0.29, 0.717) is 6.42 Å². The van der Waals surface area contributed by atoms with E-state index in [0.717, 1.165) is 24.8 Å². The Morgan fingerprint density at radius 3 is 2.55 bits per heavy atom. The van der Waals surface area contributed by atoms with Crippen LogP contribution in [0.4, 0.5) is 0 Å². The monoisotopic (exact) mass is 302 g/mol. The zero-order valence-electron chi connectivity index (χ0n) is 11.3. The fraction of sp³-hybridized carbons (Fsp3) is 0.500. The van der Waals surface area contributed by atoms with Crippen molar-refractivity contribution < 1.29 is 23.4 Å². The largest absolute Gasteiger partial charge is 0.478 e. The summed E-state index contributed by atoms with van der Waals surface area (Å²) in [5.41, 5.74) is -1.23. The van der Waals surface area contributed by atoms with Crippen LogP contribution in [-0.4, -0.2) is 41.7 Å². The van der Waals surface area contributed by atoms with Gasteiger partial charge in [0.15, 0.2) is 5.03 Å². The second kappa shape index (κ2) is 6.29. The lowest BCUT2D eigenvalue weighted by atomic mass is 10.0. The summed E-state index contributed by atoms with van der Waals surface area (Å²) >= 11 is 0. The van der Waals surface area contributed by atoms with E-state index in [1.165, 1.54) is 0 Å². The van der Waals surface area contributed by atoms with Gasteiger partial charge in [-0.3, -0.25) is 0 Å². The number of nitrogens with zero attached hydrogens (tertiary/aromatic N) is 1. The zero-order valence-corrected chi connectivity index (χ0v) is 12.1. The maximum Gasteiger partial charge on any atom is 0.337 e. The summed E-state index contributed by atoms with van der Waals surface area (Å²) in [7, 11) is -3.87. The van der Waals surface area contributed by atoms with Gasteiger partial charge in [0.1, 0.15) is 0 Å². The number of hydrogen-bond donors (Lipinski definition) is 3. The second-order valence-electron chi connectivity index (χ2n) is 4.76. The van der Waals surface area contributed by atoms with Gasteiger partial charge in [0.25, 0.3) is 10.0 Å². The average molecular weight is 302 g/mol. The van der Waals surface area contributed by atoms with Gasteiger partial charge in [-0.25, -0.2) is 22.9 Å². The van der Waals surface area contributed by atoms with Crippen LogP contribution in [0, 0.1) is 0 Å². The molecule has 20 heavy (non-hydrogen) atoms. The van der Waals surface area contributed by atoms with Gasteiger partial charge in [-0.1, -0.05) is 13.3 Å². The number of aromatic nitrogens is 1. The van der Waals surface area contributed by atoms with Gasteiger partial charge in [0.2, 0.25) is 0 Å². The van der Waals surface area contributed by atoms with Gasteiger partial charge < -0.3 is 10.2 Å². The summed E-state index contributed by atoms with van der Waals surface area (Å²) in [5.74, 6) is -1.18. The lowest BCUT2D eigenvalue weighted by molar-refractivity contribution is 0.0554. The van der Waals surface area contributed by atoms with E-state index in [1.54, 1.807) is 6.92 Å². The minimum Gasteiger partial charge on any atom is -0.478 e. The number of carboxylic acids is 1. The normalized spacial score (nSPS) is 14.8. The van der Waals surface area contributed by atoms with Crippen LogP contribution in [0.3, 0.4) is 0 Å². The molecule has 0 amide bonds. The molecule has 3 N–H and O–H groups in total. The third-order valence-corrected chi connectivity index (χ3v) is 4.01. The number of aromatic carboxylic acids is 1. The Hall–Kier alpha value is -1.51. The molecule has 0 aliphatic heterocycles. The standard InChI is InChI=1S/C12H18N2O5S/c1-3-6-12(2,17)8-14-20(18,19)10-5-4-9(7-13-10)11(15)16/h4-5,7,14,17H,3,6,8H2,1-2H3,(H,15,16). The summed E-state index contributed by atoms with van der Waals surface area (Å²) in [5, 5.41) is 18.3. The highest BCUT2D eigenvalue weighted by molar-refractivity contribution is 7.89. The van der Waals surface area contributed by atoms with Crippen LogP contribution in [0.1, 0.15) is 37.0 Å². The van der Waals surface area contributed by atoms with Crippen LogP contribution >= 0.6 is 0 Å². The maximum absolute atomic E-state index is 11.9. The van der Waals surface area contributed by atoms with E-state index in [4.69, 9.17) is 5.11 Å². The SMILES string of the molecule is CCCC(C)(O)CNS(=O)(=O)c1ccc(C(=O)O)cn1. The number of hydrogen-bond acceptors (Lipinski definition) is 5. The lowest BCUT2D eigenvalue weighted by Gasteiger charge is -2.22. The summed E-state index contributed by atoms with van der Waals surface area (Å²) < 4.78 is 26.1. The first-order chi connectivity index (χ1) is 9.18. The molecule has 0 fully saturated rings. The Balaban J connectivity index is 2.81. The van der Waals surface area contributed by atoms with E-state index in [2.05, 4.69) is 9.71 Å². The third kappa shape index (κ3) is 4.55. The lowest BCUT2D eigenvalue weighted by Crippen LogP contribution is -2.40. The molecular formula is C12H18N2O5S. The van der Waals surface area contributed by atoms with Crippen molar-refractivity contribution >= 4 is 16.0 Å². The molecule has 0 radical (unpaired) electrons. The molecule has 8 heteroatoms. The summed E-state index contributed by atoms with van der Waals surface area (Å²) in [4.78, 5) is 14.3. The van der Waals surface area contributed by atoms with Crippen LogP contribution in [-0.2, 0) is 10.0 Å². The van der Waals surface area contributed by atoms with E-state index in [9.17, 15) is 18.3 Å². The molecule has 7 nitrogen and oxygen atoms in total. The summed E-state index contributed by atoms with van der Waals surface area (Å²) in [6.07, 6.45) is 2.16. The van der Waals surface area contributed by atoms with Crippen LogP contribution in [0.15, 0.2) is 23.4 Å². The highest BCUT2D eigenvalue weighted by atomic mass is 32.2. The van der Waals surface area contributed by atoms with E-state index in [-0.39, 0.29) is 17.1 Å². The van der Waals surface area contributed by atoms with Crippen molar-refractivity contribution in [3.05, 3.63) is 23.9 Å². The van der Waals surface area contributed by atoms with Gasteiger partial charge in [-0.15, -0.1) is 0 Å². The minimum atomic E-state index is -3.87. The number of nitrogens with one attached hydrogen (secondary N) is 1. The number of pyridine rings is 1. The van der Waals surface area contributed by atoms with Crippen LogP contribution < -0.4 is 4.72 Å². The Morgan fingerprint density at radius 1 is 1.45 bits per heavy atom. The number of aliphatic hydroxyl groups is 1. The first kappa shape index (κ1) is 16.5. The van der Waals surface area contributed by atoms with Crippen molar-refractivity contribution in [1.29, 1.82) is 0 Å². The maximum atomic E-state index is 11.9. The van der Waals surface area contributed by atoms with Crippen LogP contribution in [0.25, 0.3) is 0 Å². The van der Waals surface area contributed by atoms with Gasteiger partial charge in [0, 0.05) is 12.7 Å². The van der Waals surface area contributed by atoms with Crippen molar-refractivity contribution in [1.82, 2.24) is 9.71 Å². The topological polar surface area (TPSA) is 117 Å². The third-order valence-electron chi connectivity index (χ3n) is 2.69. The quantitative estimate of drug-likeness (QED) is 0.679. The van der Waals surface area contributed by atoms with Crippen LogP contribution in [0.2, 0.25) is 0 Å². The molecule has 1 aromatic rings. The van der Waals surface area contributed by atoms with Gasteiger partial charge in [-0.05, 0) is 25.5 Å². The molecule has 112 valence electrons. The molecule has 0 aliphatic carbocycles. The Labute approximate surface area is 117 Å². The first-order valence-electron chi connectivity index (χ1n) is 6.09. The average Bonchev–Trinajstić information content (AvgIpc) is 2.37. The highest BCUT2D eigenvalue weighted by Crippen LogP contribution is 2.12. The smallest absolute Gasteiger partial charge is 0.337 e. The molecule has 1 aromatic heterocycles. The Kier molecular flexibility index (Phi) is 5.21. The molecule has 0 saturated heterocycles. The van der Waals surface area contributed by atoms with Gasteiger partial charge >= 0.3 is 5.97 Å². The van der Waals surface area contributed by atoms with Crippen molar-refractivity contribution in [3.63, 3.8) is 0 Å². The second-order valence-corrected chi connectivity index (χ2v) is 6.48. The summed E-state index contributed by atoms with van der Waals surface area (Å²) in [6.45, 7) is 3.29. The molecule has 0 aromatic carbocycles. The first-order valence-corrected chi connectivity index (χ1v) is 7.58. The van der Waals surface area contributed by atoms with E-state index < -0.39 is 21.6 Å². The molecule has 0 aliphatic rings. The Bertz CT molecular complexity index is 566. The molecule has 0 saturated carbocycles. The predicted octanol–water partition coefficient (Wildman–Crippen LogP) is 0.609. The van der Waals surface area contributed by atoms with Crippen molar-refractivity contribution in [2.75, 3.05) is 6.54 Å². The van der Waals surface area contributed by atoms with Crippen molar-refractivity contribution in [2.45, 2.75) is 37.3 Å². The fourth-order valence-corrected chi connectivity index (χ4v) is 2.70. The van der Waals surface area contributed by atoms with E-state index in [1.807, 2.05) is 6.92 Å². The number of rotatable bonds is 7. The predicted molar refractivity (Wildman–Crippen MR) is 71.9 cm³/mol. The molecule has 0 bridgehead atoms. The van der Waals surface area contributed by atoms with Crippen molar-refractivity contribution in [3.8, 4) is 0 Å². The van der Waals surface area contributed by atoms with E-state index >= 15 is 0 Å².